The fourth-order valence-electron chi connectivity index (χ4n) is 2.56. The van der Waals surface area contributed by atoms with Gasteiger partial charge in [0, 0.05) is 19.1 Å². The molecule has 0 bridgehead atoms. The van der Waals surface area contributed by atoms with Gasteiger partial charge in [0.25, 0.3) is 0 Å². The maximum atomic E-state index is 5.61. The Balaban J connectivity index is 1.70. The third-order valence-corrected chi connectivity index (χ3v) is 4.68. The summed E-state index contributed by atoms with van der Waals surface area (Å²) in [5, 5.41) is 4.62. The molecule has 3 rings (SSSR count). The average molecular weight is 291 g/mol. The molecule has 4 nitrogen and oxygen atoms in total. The Bertz CT molecular complexity index is 524. The van der Waals surface area contributed by atoms with E-state index in [2.05, 4.69) is 41.4 Å². The molecule has 0 aliphatic carbocycles. The van der Waals surface area contributed by atoms with Crippen LogP contribution in [0.3, 0.4) is 0 Å². The van der Waals surface area contributed by atoms with Gasteiger partial charge in [0.2, 0.25) is 0 Å². The molecule has 1 fully saturated rings. The van der Waals surface area contributed by atoms with Gasteiger partial charge in [-0.05, 0) is 18.7 Å². The summed E-state index contributed by atoms with van der Waals surface area (Å²) in [6, 6.07) is 8.81. The molecule has 0 saturated carbocycles. The van der Waals surface area contributed by atoms with Gasteiger partial charge in [-0.15, -0.1) is 11.3 Å². The number of benzene rings is 1. The monoisotopic (exact) mass is 291 g/mol. The molecule has 2 heterocycles. The first kappa shape index (κ1) is 13.9. The van der Waals surface area contributed by atoms with Crippen molar-refractivity contribution in [1.82, 2.24) is 15.2 Å². The van der Waals surface area contributed by atoms with E-state index in [1.165, 1.54) is 9.71 Å². The fraction of sp³-hybridized carbons (Fsp3) is 0.533. The Hall–Kier alpha value is -1.01. The van der Waals surface area contributed by atoms with E-state index in [4.69, 9.17) is 9.72 Å². The lowest BCUT2D eigenvalue weighted by molar-refractivity contribution is -0.0107. The Kier molecular flexibility index (Phi) is 4.62. The molecule has 0 radical (unpaired) electrons. The predicted octanol–water partition coefficient (Wildman–Crippen LogP) is 2.11. The topological polar surface area (TPSA) is 37.4 Å². The number of nitrogens with zero attached hydrogens (tertiary/aromatic N) is 2. The SMILES string of the molecule is CCNCC1COCCN1Cc1nc2ccccc2s1. The van der Waals surface area contributed by atoms with E-state index in [1.54, 1.807) is 11.3 Å². The Morgan fingerprint density at radius 2 is 2.35 bits per heavy atom. The van der Waals surface area contributed by atoms with Gasteiger partial charge in [-0.1, -0.05) is 19.1 Å². The minimum Gasteiger partial charge on any atom is -0.378 e. The summed E-state index contributed by atoms with van der Waals surface area (Å²) in [5.74, 6) is 0. The Morgan fingerprint density at radius 3 is 3.20 bits per heavy atom. The zero-order chi connectivity index (χ0) is 13.8. The van der Waals surface area contributed by atoms with Crippen LogP contribution < -0.4 is 5.32 Å². The van der Waals surface area contributed by atoms with Gasteiger partial charge in [0.15, 0.2) is 0 Å². The molecule has 0 amide bonds. The molecule has 1 N–H and O–H groups in total. The maximum Gasteiger partial charge on any atom is 0.108 e. The quantitative estimate of drug-likeness (QED) is 0.915. The summed E-state index contributed by atoms with van der Waals surface area (Å²) in [5.41, 5.74) is 1.11. The molecule has 1 atom stereocenters. The second kappa shape index (κ2) is 6.63. The van der Waals surface area contributed by atoms with Gasteiger partial charge in [0.1, 0.15) is 5.01 Å². The molecular formula is C15H21N3OS. The van der Waals surface area contributed by atoms with Crippen molar-refractivity contribution in [2.24, 2.45) is 0 Å². The van der Waals surface area contributed by atoms with Crippen molar-refractivity contribution in [1.29, 1.82) is 0 Å². The number of nitrogens with one attached hydrogen (secondary N) is 1. The highest BCUT2D eigenvalue weighted by Crippen LogP contribution is 2.23. The lowest BCUT2D eigenvalue weighted by Gasteiger charge is -2.35. The third kappa shape index (κ3) is 3.17. The second-order valence-electron chi connectivity index (χ2n) is 5.08. The molecule has 20 heavy (non-hydrogen) atoms. The number of morpholine rings is 1. The number of thiazole rings is 1. The summed E-state index contributed by atoms with van der Waals surface area (Å²) in [4.78, 5) is 7.23. The van der Waals surface area contributed by atoms with Gasteiger partial charge in [-0.2, -0.15) is 0 Å². The standard InChI is InChI=1S/C15H21N3OS/c1-2-16-9-12-11-19-8-7-18(12)10-15-17-13-5-3-4-6-14(13)20-15/h3-6,12,16H,2,7-11H2,1H3. The molecule has 1 saturated heterocycles. The highest BCUT2D eigenvalue weighted by atomic mass is 32.1. The molecule has 2 aromatic rings. The fourth-order valence-corrected chi connectivity index (χ4v) is 3.55. The molecular weight excluding hydrogens is 270 g/mol. The lowest BCUT2D eigenvalue weighted by Crippen LogP contribution is -2.49. The first-order valence-electron chi connectivity index (χ1n) is 7.24. The van der Waals surface area contributed by atoms with Crippen LogP contribution in [0.4, 0.5) is 0 Å². The van der Waals surface area contributed by atoms with Crippen LogP contribution >= 0.6 is 11.3 Å². The Morgan fingerprint density at radius 1 is 1.45 bits per heavy atom. The lowest BCUT2D eigenvalue weighted by atomic mass is 10.2. The van der Waals surface area contributed by atoms with E-state index in [-0.39, 0.29) is 0 Å². The summed E-state index contributed by atoms with van der Waals surface area (Å²) in [7, 11) is 0. The number of hydrogen-bond acceptors (Lipinski definition) is 5. The number of fused-ring (bicyclic) bond motifs is 1. The minimum absolute atomic E-state index is 0.454. The molecule has 1 aromatic heterocycles. The molecule has 1 aromatic carbocycles. The van der Waals surface area contributed by atoms with Gasteiger partial charge >= 0.3 is 0 Å². The Labute approximate surface area is 123 Å². The number of aromatic nitrogens is 1. The number of hydrogen-bond donors (Lipinski definition) is 1. The van der Waals surface area contributed by atoms with Crippen molar-refractivity contribution in [2.75, 3.05) is 32.8 Å². The van der Waals surface area contributed by atoms with Crippen molar-refractivity contribution in [3.63, 3.8) is 0 Å². The normalized spacial score (nSPS) is 20.6. The van der Waals surface area contributed by atoms with E-state index in [9.17, 15) is 0 Å². The smallest absolute Gasteiger partial charge is 0.108 e. The summed E-state index contributed by atoms with van der Waals surface area (Å²) in [6.45, 7) is 7.70. The molecule has 5 heteroatoms. The average Bonchev–Trinajstić information content (AvgIpc) is 2.88. The summed E-state index contributed by atoms with van der Waals surface area (Å²) >= 11 is 1.80. The summed E-state index contributed by atoms with van der Waals surface area (Å²) in [6.07, 6.45) is 0. The molecule has 108 valence electrons. The highest BCUT2D eigenvalue weighted by molar-refractivity contribution is 7.18. The van der Waals surface area contributed by atoms with Crippen LogP contribution in [-0.2, 0) is 11.3 Å². The van der Waals surface area contributed by atoms with Crippen LogP contribution in [0.5, 0.6) is 0 Å². The largest absolute Gasteiger partial charge is 0.378 e. The van der Waals surface area contributed by atoms with Crippen LogP contribution in [-0.4, -0.2) is 48.8 Å². The zero-order valence-corrected chi connectivity index (χ0v) is 12.7. The number of rotatable bonds is 5. The molecule has 1 aliphatic rings. The van der Waals surface area contributed by atoms with E-state index >= 15 is 0 Å². The molecule has 0 spiro atoms. The summed E-state index contributed by atoms with van der Waals surface area (Å²) < 4.78 is 6.88. The van der Waals surface area contributed by atoms with E-state index < -0.39 is 0 Å². The van der Waals surface area contributed by atoms with Gasteiger partial charge < -0.3 is 10.1 Å². The third-order valence-electron chi connectivity index (χ3n) is 3.66. The molecule has 1 aliphatic heterocycles. The van der Waals surface area contributed by atoms with E-state index in [1.807, 2.05) is 0 Å². The minimum atomic E-state index is 0.454. The zero-order valence-electron chi connectivity index (χ0n) is 11.8. The first-order chi connectivity index (χ1) is 9.86. The van der Waals surface area contributed by atoms with Crippen molar-refractivity contribution in [3.8, 4) is 0 Å². The number of likely N-dealkylation sites (N-methyl/N-ethyl adjacent to an activating group) is 1. The van der Waals surface area contributed by atoms with Crippen molar-refractivity contribution in [3.05, 3.63) is 29.3 Å². The van der Waals surface area contributed by atoms with Crippen molar-refractivity contribution in [2.45, 2.75) is 19.5 Å². The molecule has 1 unspecified atom stereocenters. The van der Waals surface area contributed by atoms with Crippen molar-refractivity contribution >= 4 is 21.6 Å². The van der Waals surface area contributed by atoms with Gasteiger partial charge in [0.05, 0.1) is 30.0 Å². The predicted molar refractivity (Wildman–Crippen MR) is 83.2 cm³/mol. The van der Waals surface area contributed by atoms with Crippen LogP contribution in [0.2, 0.25) is 0 Å². The van der Waals surface area contributed by atoms with Gasteiger partial charge in [-0.3, -0.25) is 4.90 Å². The van der Waals surface area contributed by atoms with Crippen LogP contribution in [0.15, 0.2) is 24.3 Å². The van der Waals surface area contributed by atoms with Crippen LogP contribution in [0.25, 0.3) is 10.2 Å². The number of ether oxygens (including phenoxy) is 1. The maximum absolute atomic E-state index is 5.61. The number of para-hydroxylation sites is 1. The van der Waals surface area contributed by atoms with E-state index in [0.29, 0.717) is 6.04 Å². The van der Waals surface area contributed by atoms with Crippen LogP contribution in [0, 0.1) is 0 Å². The van der Waals surface area contributed by atoms with Crippen molar-refractivity contribution < 1.29 is 4.74 Å². The van der Waals surface area contributed by atoms with E-state index in [0.717, 1.165) is 44.9 Å². The van der Waals surface area contributed by atoms with Crippen LogP contribution in [0.1, 0.15) is 11.9 Å². The van der Waals surface area contributed by atoms with Gasteiger partial charge in [-0.25, -0.2) is 4.98 Å². The second-order valence-corrected chi connectivity index (χ2v) is 6.20. The first-order valence-corrected chi connectivity index (χ1v) is 8.05. The highest BCUT2D eigenvalue weighted by Gasteiger charge is 2.23.